The highest BCUT2D eigenvalue weighted by Gasteiger charge is 2.37. The van der Waals surface area contributed by atoms with Gasteiger partial charge in [-0.05, 0) is 80.1 Å². The standard InChI is InChI=1S/C23H27F3N2/c24-23(25,26)20-3-1-2-19(14-20)17-4-6-18(7-5-17)21-15-22(21)28-13-10-16-8-11-27-12-9-16/h1-7,14,16,21-22,27-28H,8-13,15H2/t21-,22-/m1/s1. The highest BCUT2D eigenvalue weighted by atomic mass is 19.4. The van der Waals surface area contributed by atoms with Crippen molar-refractivity contribution < 1.29 is 13.2 Å². The van der Waals surface area contributed by atoms with E-state index in [4.69, 9.17) is 0 Å². The molecule has 0 radical (unpaired) electrons. The molecule has 0 unspecified atom stereocenters. The van der Waals surface area contributed by atoms with Crippen molar-refractivity contribution >= 4 is 0 Å². The van der Waals surface area contributed by atoms with Crippen LogP contribution in [0.1, 0.15) is 42.7 Å². The molecule has 2 aliphatic rings. The van der Waals surface area contributed by atoms with Crippen LogP contribution in [-0.4, -0.2) is 25.7 Å². The largest absolute Gasteiger partial charge is 0.416 e. The van der Waals surface area contributed by atoms with Crippen molar-refractivity contribution in [2.45, 2.75) is 43.8 Å². The Morgan fingerprint density at radius 2 is 1.71 bits per heavy atom. The molecule has 0 bridgehead atoms. The Bertz CT molecular complexity index is 779. The van der Waals surface area contributed by atoms with E-state index >= 15 is 0 Å². The van der Waals surface area contributed by atoms with Gasteiger partial charge in [-0.25, -0.2) is 0 Å². The Hall–Kier alpha value is -1.85. The fourth-order valence-corrected chi connectivity index (χ4v) is 4.23. The van der Waals surface area contributed by atoms with E-state index in [2.05, 4.69) is 22.8 Å². The number of halogens is 3. The normalized spacial score (nSPS) is 23.0. The number of rotatable bonds is 6. The molecule has 150 valence electrons. The summed E-state index contributed by atoms with van der Waals surface area (Å²) < 4.78 is 38.7. The van der Waals surface area contributed by atoms with Crippen molar-refractivity contribution in [1.29, 1.82) is 0 Å². The lowest BCUT2D eigenvalue weighted by atomic mass is 9.95. The highest BCUT2D eigenvalue weighted by Crippen LogP contribution is 2.41. The number of hydrogen-bond acceptors (Lipinski definition) is 2. The average molecular weight is 388 g/mol. The van der Waals surface area contributed by atoms with Crippen LogP contribution in [0.5, 0.6) is 0 Å². The zero-order valence-electron chi connectivity index (χ0n) is 15.9. The van der Waals surface area contributed by atoms with Crippen LogP contribution in [0.25, 0.3) is 11.1 Å². The fraction of sp³-hybridized carbons (Fsp3) is 0.478. The predicted octanol–water partition coefficient (Wildman–Crippen LogP) is 5.21. The number of hydrogen-bond donors (Lipinski definition) is 2. The minimum atomic E-state index is -4.31. The molecule has 2 atom stereocenters. The second-order valence-electron chi connectivity index (χ2n) is 8.09. The van der Waals surface area contributed by atoms with Gasteiger partial charge >= 0.3 is 6.18 Å². The number of nitrogens with one attached hydrogen (secondary N) is 2. The van der Waals surface area contributed by atoms with Crippen molar-refractivity contribution in [2.24, 2.45) is 5.92 Å². The van der Waals surface area contributed by atoms with Gasteiger partial charge in [-0.15, -0.1) is 0 Å². The molecule has 5 heteroatoms. The summed E-state index contributed by atoms with van der Waals surface area (Å²) >= 11 is 0. The lowest BCUT2D eigenvalue weighted by Crippen LogP contribution is -2.30. The van der Waals surface area contributed by atoms with E-state index in [9.17, 15) is 13.2 Å². The van der Waals surface area contributed by atoms with Gasteiger partial charge in [0.15, 0.2) is 0 Å². The monoisotopic (exact) mass is 388 g/mol. The summed E-state index contributed by atoms with van der Waals surface area (Å²) in [6, 6.07) is 14.1. The summed E-state index contributed by atoms with van der Waals surface area (Å²) in [5.74, 6) is 1.38. The molecule has 1 heterocycles. The molecule has 2 aromatic rings. The highest BCUT2D eigenvalue weighted by molar-refractivity contribution is 5.65. The molecule has 4 rings (SSSR count). The molecular formula is C23H27F3N2. The molecule has 1 saturated heterocycles. The van der Waals surface area contributed by atoms with Crippen molar-refractivity contribution in [2.75, 3.05) is 19.6 Å². The van der Waals surface area contributed by atoms with Crippen LogP contribution < -0.4 is 10.6 Å². The van der Waals surface area contributed by atoms with Gasteiger partial charge in [0, 0.05) is 12.0 Å². The smallest absolute Gasteiger partial charge is 0.317 e. The maximum atomic E-state index is 12.9. The fourth-order valence-electron chi connectivity index (χ4n) is 4.23. The van der Waals surface area contributed by atoms with Crippen LogP contribution in [0.4, 0.5) is 13.2 Å². The van der Waals surface area contributed by atoms with Gasteiger partial charge in [0.1, 0.15) is 0 Å². The van der Waals surface area contributed by atoms with E-state index < -0.39 is 11.7 Å². The average Bonchev–Trinajstić information content (AvgIpc) is 3.48. The lowest BCUT2D eigenvalue weighted by Gasteiger charge is -2.22. The number of piperidine rings is 1. The second kappa shape index (κ2) is 8.26. The van der Waals surface area contributed by atoms with Crippen LogP contribution in [0.2, 0.25) is 0 Å². The summed E-state index contributed by atoms with van der Waals surface area (Å²) in [6.45, 7) is 3.37. The first-order chi connectivity index (χ1) is 13.5. The lowest BCUT2D eigenvalue weighted by molar-refractivity contribution is -0.137. The quantitative estimate of drug-likeness (QED) is 0.710. The van der Waals surface area contributed by atoms with E-state index in [1.54, 1.807) is 6.07 Å². The number of alkyl halides is 3. The van der Waals surface area contributed by atoms with Gasteiger partial charge in [0.25, 0.3) is 0 Å². The zero-order chi connectivity index (χ0) is 19.6. The summed E-state index contributed by atoms with van der Waals surface area (Å²) in [5.41, 5.74) is 2.10. The summed E-state index contributed by atoms with van der Waals surface area (Å²) in [4.78, 5) is 0. The summed E-state index contributed by atoms with van der Waals surface area (Å²) in [5, 5.41) is 7.08. The van der Waals surface area contributed by atoms with Gasteiger partial charge in [-0.1, -0.05) is 36.4 Å². The van der Waals surface area contributed by atoms with Gasteiger partial charge in [-0.3, -0.25) is 0 Å². The Kier molecular flexibility index (Phi) is 5.74. The van der Waals surface area contributed by atoms with Crippen LogP contribution in [0, 0.1) is 5.92 Å². The van der Waals surface area contributed by atoms with Gasteiger partial charge in [0.2, 0.25) is 0 Å². The van der Waals surface area contributed by atoms with Crippen LogP contribution in [0.15, 0.2) is 48.5 Å². The third-order valence-electron chi connectivity index (χ3n) is 6.07. The first-order valence-corrected chi connectivity index (χ1v) is 10.2. The maximum absolute atomic E-state index is 12.9. The Morgan fingerprint density at radius 1 is 0.964 bits per heavy atom. The summed E-state index contributed by atoms with van der Waals surface area (Å²) in [7, 11) is 0. The van der Waals surface area contributed by atoms with Crippen molar-refractivity contribution in [3.05, 3.63) is 59.7 Å². The molecule has 2 aromatic carbocycles. The number of benzene rings is 2. The molecule has 2 fully saturated rings. The Labute approximate surface area is 164 Å². The molecule has 1 aliphatic carbocycles. The first-order valence-electron chi connectivity index (χ1n) is 10.2. The van der Waals surface area contributed by atoms with E-state index in [0.29, 0.717) is 17.5 Å². The van der Waals surface area contributed by atoms with E-state index in [0.717, 1.165) is 43.6 Å². The minimum Gasteiger partial charge on any atom is -0.317 e. The Morgan fingerprint density at radius 3 is 2.43 bits per heavy atom. The summed E-state index contributed by atoms with van der Waals surface area (Å²) in [6.07, 6.45) is 0.658. The molecule has 0 spiro atoms. The predicted molar refractivity (Wildman–Crippen MR) is 106 cm³/mol. The van der Waals surface area contributed by atoms with Gasteiger partial charge < -0.3 is 10.6 Å². The molecule has 0 aromatic heterocycles. The first kappa shape index (κ1) is 19.5. The molecule has 28 heavy (non-hydrogen) atoms. The molecular weight excluding hydrogens is 361 g/mol. The SMILES string of the molecule is FC(F)(F)c1cccc(-c2ccc([C@H]3C[C@H]3NCCC3CCNCC3)cc2)c1. The zero-order valence-corrected chi connectivity index (χ0v) is 15.9. The molecule has 0 amide bonds. The van der Waals surface area contributed by atoms with Crippen molar-refractivity contribution in [3.63, 3.8) is 0 Å². The Balaban J connectivity index is 1.31. The third-order valence-corrected chi connectivity index (χ3v) is 6.07. The van der Waals surface area contributed by atoms with Crippen LogP contribution in [-0.2, 0) is 6.18 Å². The second-order valence-corrected chi connectivity index (χ2v) is 8.09. The third kappa shape index (κ3) is 4.76. The topological polar surface area (TPSA) is 24.1 Å². The molecule has 2 nitrogen and oxygen atoms in total. The van der Waals surface area contributed by atoms with Crippen LogP contribution >= 0.6 is 0 Å². The molecule has 1 saturated carbocycles. The van der Waals surface area contributed by atoms with Gasteiger partial charge in [0.05, 0.1) is 5.56 Å². The van der Waals surface area contributed by atoms with E-state index in [1.165, 1.54) is 37.0 Å². The molecule has 1 aliphatic heterocycles. The van der Waals surface area contributed by atoms with E-state index in [-0.39, 0.29) is 0 Å². The van der Waals surface area contributed by atoms with Crippen molar-refractivity contribution in [1.82, 2.24) is 10.6 Å². The van der Waals surface area contributed by atoms with E-state index in [1.807, 2.05) is 12.1 Å². The molecule has 2 N–H and O–H groups in total. The van der Waals surface area contributed by atoms with Crippen LogP contribution in [0.3, 0.4) is 0 Å². The van der Waals surface area contributed by atoms with Gasteiger partial charge in [-0.2, -0.15) is 13.2 Å². The maximum Gasteiger partial charge on any atom is 0.416 e. The van der Waals surface area contributed by atoms with Crippen molar-refractivity contribution in [3.8, 4) is 11.1 Å². The minimum absolute atomic E-state index is 0.531.